The Bertz CT molecular complexity index is 365. The molecule has 0 aromatic heterocycles. The molecule has 1 rings (SSSR count). The summed E-state index contributed by atoms with van der Waals surface area (Å²) in [7, 11) is 0. The number of rotatable bonds is 2. The first-order valence-corrected chi connectivity index (χ1v) is 4.64. The van der Waals surface area contributed by atoms with Crippen molar-refractivity contribution < 1.29 is 14.7 Å². The number of benzene rings is 1. The zero-order chi connectivity index (χ0) is 10.6. The standard InChI is InChI=1S/C9H8BrNO3/c10-7-4-2-1-3-6(7)9(14)11-8(13)5-12/h1-4,12H,5H2,(H,11,13,14). The number of nitrogens with one attached hydrogen (secondary N) is 1. The highest BCUT2D eigenvalue weighted by Gasteiger charge is 2.11. The highest BCUT2D eigenvalue weighted by molar-refractivity contribution is 9.10. The van der Waals surface area contributed by atoms with Crippen LogP contribution in [0, 0.1) is 0 Å². The molecule has 0 aliphatic rings. The quantitative estimate of drug-likeness (QED) is 0.820. The summed E-state index contributed by atoms with van der Waals surface area (Å²) in [6.07, 6.45) is 0. The molecule has 0 radical (unpaired) electrons. The molecule has 4 nitrogen and oxygen atoms in total. The van der Waals surface area contributed by atoms with Gasteiger partial charge in [0.1, 0.15) is 6.61 Å². The molecule has 0 aliphatic carbocycles. The molecule has 2 amide bonds. The Hall–Kier alpha value is -1.20. The smallest absolute Gasteiger partial charge is 0.259 e. The van der Waals surface area contributed by atoms with Crippen molar-refractivity contribution >= 4 is 27.7 Å². The summed E-state index contributed by atoms with van der Waals surface area (Å²) in [6, 6.07) is 6.71. The molecule has 74 valence electrons. The molecular formula is C9H8BrNO3. The van der Waals surface area contributed by atoms with Crippen molar-refractivity contribution in [3.63, 3.8) is 0 Å². The van der Waals surface area contributed by atoms with E-state index in [4.69, 9.17) is 5.11 Å². The summed E-state index contributed by atoms with van der Waals surface area (Å²) >= 11 is 3.17. The second-order valence-electron chi connectivity index (χ2n) is 2.52. The van der Waals surface area contributed by atoms with E-state index in [1.165, 1.54) is 0 Å². The first kappa shape index (κ1) is 10.9. The van der Waals surface area contributed by atoms with Gasteiger partial charge in [-0.3, -0.25) is 14.9 Å². The molecule has 14 heavy (non-hydrogen) atoms. The monoisotopic (exact) mass is 257 g/mol. The highest BCUT2D eigenvalue weighted by atomic mass is 79.9. The van der Waals surface area contributed by atoms with Crippen LogP contribution in [-0.4, -0.2) is 23.5 Å². The van der Waals surface area contributed by atoms with E-state index in [2.05, 4.69) is 15.9 Å². The van der Waals surface area contributed by atoms with Crippen molar-refractivity contribution in [2.45, 2.75) is 0 Å². The third-order valence-electron chi connectivity index (χ3n) is 1.52. The van der Waals surface area contributed by atoms with Crippen LogP contribution in [0.15, 0.2) is 28.7 Å². The van der Waals surface area contributed by atoms with Gasteiger partial charge in [-0.05, 0) is 28.1 Å². The maximum atomic E-state index is 11.4. The number of imide groups is 1. The molecule has 0 unspecified atom stereocenters. The number of carbonyl (C=O) groups excluding carboxylic acids is 2. The van der Waals surface area contributed by atoms with E-state index in [-0.39, 0.29) is 0 Å². The summed E-state index contributed by atoms with van der Waals surface area (Å²) in [5, 5.41) is 10.5. The van der Waals surface area contributed by atoms with Crippen LogP contribution in [0.5, 0.6) is 0 Å². The maximum Gasteiger partial charge on any atom is 0.259 e. The third-order valence-corrected chi connectivity index (χ3v) is 2.21. The molecule has 0 spiro atoms. The van der Waals surface area contributed by atoms with Crippen molar-refractivity contribution in [3.8, 4) is 0 Å². The number of aliphatic hydroxyl groups is 1. The van der Waals surface area contributed by atoms with Crippen molar-refractivity contribution in [2.24, 2.45) is 0 Å². The van der Waals surface area contributed by atoms with E-state index in [1.54, 1.807) is 24.3 Å². The largest absolute Gasteiger partial charge is 0.387 e. The van der Waals surface area contributed by atoms with E-state index < -0.39 is 18.4 Å². The van der Waals surface area contributed by atoms with E-state index in [1.807, 2.05) is 5.32 Å². The molecule has 0 saturated carbocycles. The van der Waals surface area contributed by atoms with Gasteiger partial charge in [-0.25, -0.2) is 0 Å². The van der Waals surface area contributed by atoms with Crippen LogP contribution in [0.25, 0.3) is 0 Å². The van der Waals surface area contributed by atoms with Crippen LogP contribution < -0.4 is 5.32 Å². The second-order valence-corrected chi connectivity index (χ2v) is 3.37. The van der Waals surface area contributed by atoms with Gasteiger partial charge in [0.05, 0.1) is 5.56 Å². The molecule has 0 heterocycles. The zero-order valence-electron chi connectivity index (χ0n) is 7.16. The minimum atomic E-state index is -0.717. The normalized spacial score (nSPS) is 9.57. The lowest BCUT2D eigenvalue weighted by atomic mass is 10.2. The fourth-order valence-corrected chi connectivity index (χ4v) is 1.34. The number of carbonyl (C=O) groups is 2. The van der Waals surface area contributed by atoms with Crippen LogP contribution in [0.1, 0.15) is 10.4 Å². The van der Waals surface area contributed by atoms with E-state index in [0.717, 1.165) is 0 Å². The summed E-state index contributed by atoms with van der Waals surface area (Å²) < 4.78 is 0.600. The van der Waals surface area contributed by atoms with E-state index in [0.29, 0.717) is 10.0 Å². The average molecular weight is 258 g/mol. The van der Waals surface area contributed by atoms with Crippen LogP contribution in [0.4, 0.5) is 0 Å². The molecule has 0 aliphatic heterocycles. The molecule has 1 aromatic rings. The van der Waals surface area contributed by atoms with Crippen LogP contribution in [0.3, 0.4) is 0 Å². The average Bonchev–Trinajstić information content (AvgIpc) is 2.18. The van der Waals surface area contributed by atoms with Crippen LogP contribution in [0.2, 0.25) is 0 Å². The fraction of sp³-hybridized carbons (Fsp3) is 0.111. The molecule has 1 aromatic carbocycles. The minimum Gasteiger partial charge on any atom is -0.387 e. The van der Waals surface area contributed by atoms with Gasteiger partial charge in [0.15, 0.2) is 0 Å². The van der Waals surface area contributed by atoms with Gasteiger partial charge in [-0.1, -0.05) is 12.1 Å². The molecule has 0 fully saturated rings. The maximum absolute atomic E-state index is 11.4. The second kappa shape index (κ2) is 4.88. The predicted molar refractivity (Wildman–Crippen MR) is 53.7 cm³/mol. The van der Waals surface area contributed by atoms with Gasteiger partial charge in [0, 0.05) is 4.47 Å². The van der Waals surface area contributed by atoms with Crippen LogP contribution in [-0.2, 0) is 4.79 Å². The Morgan fingerprint density at radius 2 is 2.00 bits per heavy atom. The van der Waals surface area contributed by atoms with Crippen molar-refractivity contribution in [3.05, 3.63) is 34.3 Å². The zero-order valence-corrected chi connectivity index (χ0v) is 8.74. The molecule has 0 bridgehead atoms. The Balaban J connectivity index is 2.80. The molecule has 5 heteroatoms. The molecule has 2 N–H and O–H groups in total. The van der Waals surface area contributed by atoms with Crippen molar-refractivity contribution in [1.29, 1.82) is 0 Å². The lowest BCUT2D eigenvalue weighted by Crippen LogP contribution is -2.32. The van der Waals surface area contributed by atoms with E-state index >= 15 is 0 Å². The Morgan fingerprint density at radius 1 is 1.36 bits per heavy atom. The van der Waals surface area contributed by atoms with Gasteiger partial charge < -0.3 is 5.11 Å². The minimum absolute atomic E-state index is 0.356. The molecular weight excluding hydrogens is 250 g/mol. The first-order chi connectivity index (χ1) is 6.65. The summed E-state index contributed by atoms with van der Waals surface area (Å²) in [4.78, 5) is 22.1. The molecule has 0 saturated heterocycles. The predicted octanol–water partition coefficient (Wildman–Crippen LogP) is 0.698. The number of amides is 2. The van der Waals surface area contributed by atoms with Gasteiger partial charge in [0.2, 0.25) is 0 Å². The number of halogens is 1. The van der Waals surface area contributed by atoms with E-state index in [9.17, 15) is 9.59 Å². The summed E-state index contributed by atoms with van der Waals surface area (Å²) in [6.45, 7) is -0.698. The highest BCUT2D eigenvalue weighted by Crippen LogP contribution is 2.15. The fourth-order valence-electron chi connectivity index (χ4n) is 0.879. The van der Waals surface area contributed by atoms with Crippen molar-refractivity contribution in [1.82, 2.24) is 5.32 Å². The summed E-state index contributed by atoms with van der Waals surface area (Å²) in [5.41, 5.74) is 0.356. The van der Waals surface area contributed by atoms with Crippen LogP contribution >= 0.6 is 15.9 Å². The number of hydrogen-bond acceptors (Lipinski definition) is 3. The first-order valence-electron chi connectivity index (χ1n) is 3.84. The molecule has 0 atom stereocenters. The third kappa shape index (κ3) is 2.65. The topological polar surface area (TPSA) is 66.4 Å². The Morgan fingerprint density at radius 3 is 2.57 bits per heavy atom. The van der Waals surface area contributed by atoms with Gasteiger partial charge in [0.25, 0.3) is 11.8 Å². The summed E-state index contributed by atoms with van der Waals surface area (Å²) in [5.74, 6) is -1.25. The SMILES string of the molecule is O=C(CO)NC(=O)c1ccccc1Br. The van der Waals surface area contributed by atoms with Gasteiger partial charge >= 0.3 is 0 Å². The lowest BCUT2D eigenvalue weighted by Gasteiger charge is -2.03. The Labute approximate surface area is 89.1 Å². The lowest BCUT2D eigenvalue weighted by molar-refractivity contribution is -0.122. The van der Waals surface area contributed by atoms with Gasteiger partial charge in [-0.2, -0.15) is 0 Å². The Kier molecular flexibility index (Phi) is 3.79. The van der Waals surface area contributed by atoms with Crippen molar-refractivity contribution in [2.75, 3.05) is 6.61 Å². The number of hydrogen-bond donors (Lipinski definition) is 2. The van der Waals surface area contributed by atoms with Gasteiger partial charge in [-0.15, -0.1) is 0 Å². The number of aliphatic hydroxyl groups excluding tert-OH is 1.